The molecule has 2 atom stereocenters. The Bertz CT molecular complexity index is 185. The van der Waals surface area contributed by atoms with Crippen molar-refractivity contribution in [3.63, 3.8) is 0 Å². The number of hydrogen-bond acceptors (Lipinski definition) is 2. The van der Waals surface area contributed by atoms with Crippen LogP contribution in [0.25, 0.3) is 0 Å². The molecule has 0 bridgehead atoms. The summed E-state index contributed by atoms with van der Waals surface area (Å²) in [5.74, 6) is 0.702. The van der Waals surface area contributed by atoms with Crippen LogP contribution in [0.5, 0.6) is 0 Å². The van der Waals surface area contributed by atoms with Crippen LogP contribution in [-0.4, -0.2) is 30.6 Å². The van der Waals surface area contributed by atoms with Crippen LogP contribution >= 0.6 is 0 Å². The number of hydrogen-bond donors (Lipinski definition) is 1. The van der Waals surface area contributed by atoms with Crippen LogP contribution in [0, 0.1) is 11.3 Å². The van der Waals surface area contributed by atoms with Crippen molar-refractivity contribution in [3.8, 4) is 0 Å². The van der Waals surface area contributed by atoms with E-state index in [0.717, 1.165) is 13.1 Å². The first-order valence-corrected chi connectivity index (χ1v) is 6.49. The molecule has 0 radical (unpaired) electrons. The Morgan fingerprint density at radius 2 is 1.87 bits per heavy atom. The lowest BCUT2D eigenvalue weighted by molar-refractivity contribution is 0.106. The summed E-state index contributed by atoms with van der Waals surface area (Å²) in [5.41, 5.74) is 6.73. The van der Waals surface area contributed by atoms with Gasteiger partial charge in [-0.25, -0.2) is 0 Å². The van der Waals surface area contributed by atoms with Gasteiger partial charge in [0.25, 0.3) is 0 Å². The molecule has 90 valence electrons. The minimum atomic E-state index is 0.343. The van der Waals surface area contributed by atoms with Crippen LogP contribution in [0.3, 0.4) is 0 Å². The largest absolute Gasteiger partial charge is 0.327 e. The fourth-order valence-electron chi connectivity index (χ4n) is 2.82. The lowest BCUT2D eigenvalue weighted by Crippen LogP contribution is -2.50. The minimum Gasteiger partial charge on any atom is -0.327 e. The van der Waals surface area contributed by atoms with E-state index in [0.29, 0.717) is 17.4 Å². The van der Waals surface area contributed by atoms with E-state index in [4.69, 9.17) is 5.73 Å². The predicted molar refractivity (Wildman–Crippen MR) is 66.9 cm³/mol. The van der Waals surface area contributed by atoms with Crippen molar-refractivity contribution in [1.82, 2.24) is 4.90 Å². The van der Waals surface area contributed by atoms with Gasteiger partial charge < -0.3 is 10.6 Å². The van der Waals surface area contributed by atoms with Gasteiger partial charge in [0.15, 0.2) is 0 Å². The van der Waals surface area contributed by atoms with E-state index >= 15 is 0 Å². The van der Waals surface area contributed by atoms with E-state index in [2.05, 4.69) is 32.6 Å². The summed E-state index contributed by atoms with van der Waals surface area (Å²) in [6, 6.07) is 0.381. The molecule has 1 aliphatic carbocycles. The van der Waals surface area contributed by atoms with Crippen LogP contribution in [0.1, 0.15) is 47.0 Å². The average Bonchev–Trinajstić information content (AvgIpc) is 2.20. The molecule has 1 aliphatic rings. The maximum Gasteiger partial charge on any atom is 0.0131 e. The Labute approximate surface area is 95.2 Å². The van der Waals surface area contributed by atoms with Gasteiger partial charge in [0.05, 0.1) is 0 Å². The van der Waals surface area contributed by atoms with Crippen molar-refractivity contribution in [3.05, 3.63) is 0 Å². The highest BCUT2D eigenvalue weighted by molar-refractivity contribution is 4.92. The standard InChI is InChI=1S/C13H28N2/c1-5-15(6-2)10-11-8-7-9-13(3,4)12(11)14/h11-12H,5-10,14H2,1-4H3. The van der Waals surface area contributed by atoms with E-state index in [1.54, 1.807) is 0 Å². The number of nitrogens with two attached hydrogens (primary N) is 1. The zero-order valence-corrected chi connectivity index (χ0v) is 10.9. The van der Waals surface area contributed by atoms with Crippen LogP contribution < -0.4 is 5.73 Å². The second-order valence-corrected chi connectivity index (χ2v) is 5.65. The smallest absolute Gasteiger partial charge is 0.0131 e. The van der Waals surface area contributed by atoms with Crippen molar-refractivity contribution in [2.45, 2.75) is 53.0 Å². The fourth-order valence-corrected chi connectivity index (χ4v) is 2.82. The number of rotatable bonds is 4. The summed E-state index contributed by atoms with van der Waals surface area (Å²) in [7, 11) is 0. The molecular formula is C13H28N2. The van der Waals surface area contributed by atoms with Gasteiger partial charge in [-0.2, -0.15) is 0 Å². The SMILES string of the molecule is CCN(CC)CC1CCCC(C)(C)C1N. The first-order chi connectivity index (χ1) is 7.01. The van der Waals surface area contributed by atoms with Gasteiger partial charge in [0, 0.05) is 12.6 Å². The molecule has 0 spiro atoms. The molecule has 2 unspecified atom stereocenters. The number of nitrogens with zero attached hydrogens (tertiary/aromatic N) is 1. The van der Waals surface area contributed by atoms with Crippen molar-refractivity contribution in [2.24, 2.45) is 17.1 Å². The molecule has 15 heavy (non-hydrogen) atoms. The highest BCUT2D eigenvalue weighted by Crippen LogP contribution is 2.37. The van der Waals surface area contributed by atoms with Crippen LogP contribution in [-0.2, 0) is 0 Å². The molecule has 1 saturated carbocycles. The van der Waals surface area contributed by atoms with E-state index in [1.165, 1.54) is 25.8 Å². The molecule has 2 nitrogen and oxygen atoms in total. The highest BCUT2D eigenvalue weighted by Gasteiger charge is 2.36. The molecule has 1 fully saturated rings. The molecule has 1 rings (SSSR count). The van der Waals surface area contributed by atoms with Crippen LogP contribution in [0.4, 0.5) is 0 Å². The molecule has 0 aromatic rings. The molecule has 0 aromatic carbocycles. The quantitative estimate of drug-likeness (QED) is 0.776. The average molecular weight is 212 g/mol. The van der Waals surface area contributed by atoms with E-state index in [-0.39, 0.29) is 0 Å². The second kappa shape index (κ2) is 5.31. The van der Waals surface area contributed by atoms with Gasteiger partial charge in [-0.3, -0.25) is 0 Å². The van der Waals surface area contributed by atoms with Gasteiger partial charge in [-0.1, -0.05) is 34.1 Å². The van der Waals surface area contributed by atoms with Gasteiger partial charge in [-0.15, -0.1) is 0 Å². The molecule has 2 N–H and O–H groups in total. The summed E-state index contributed by atoms with van der Waals surface area (Å²) >= 11 is 0. The lowest BCUT2D eigenvalue weighted by Gasteiger charge is -2.43. The zero-order chi connectivity index (χ0) is 11.5. The highest BCUT2D eigenvalue weighted by atomic mass is 15.1. The Morgan fingerprint density at radius 3 is 2.40 bits per heavy atom. The summed E-state index contributed by atoms with van der Waals surface area (Å²) in [5, 5.41) is 0. The zero-order valence-electron chi connectivity index (χ0n) is 10.9. The summed E-state index contributed by atoms with van der Waals surface area (Å²) in [6.45, 7) is 12.6. The van der Waals surface area contributed by atoms with Crippen molar-refractivity contribution >= 4 is 0 Å². The Kier molecular flexibility index (Phi) is 4.60. The third-order valence-electron chi connectivity index (χ3n) is 4.19. The van der Waals surface area contributed by atoms with Crippen molar-refractivity contribution in [1.29, 1.82) is 0 Å². The first-order valence-electron chi connectivity index (χ1n) is 6.49. The predicted octanol–water partition coefficient (Wildman–Crippen LogP) is 2.48. The van der Waals surface area contributed by atoms with Gasteiger partial charge in [-0.05, 0) is 37.3 Å². The maximum atomic E-state index is 6.39. The third-order valence-corrected chi connectivity index (χ3v) is 4.19. The Hall–Kier alpha value is -0.0800. The Balaban J connectivity index is 2.54. The van der Waals surface area contributed by atoms with Crippen LogP contribution in [0.2, 0.25) is 0 Å². The fraction of sp³-hybridized carbons (Fsp3) is 1.00. The first kappa shape index (κ1) is 13.0. The molecule has 0 heterocycles. The molecular weight excluding hydrogens is 184 g/mol. The van der Waals surface area contributed by atoms with E-state index < -0.39 is 0 Å². The lowest BCUT2D eigenvalue weighted by atomic mass is 9.68. The van der Waals surface area contributed by atoms with E-state index in [1.807, 2.05) is 0 Å². The van der Waals surface area contributed by atoms with Gasteiger partial charge in [0.1, 0.15) is 0 Å². The van der Waals surface area contributed by atoms with Crippen LogP contribution in [0.15, 0.2) is 0 Å². The molecule has 0 aromatic heterocycles. The topological polar surface area (TPSA) is 29.3 Å². The Morgan fingerprint density at radius 1 is 1.27 bits per heavy atom. The monoisotopic (exact) mass is 212 g/mol. The van der Waals surface area contributed by atoms with E-state index in [9.17, 15) is 0 Å². The molecule has 0 amide bonds. The maximum absolute atomic E-state index is 6.39. The minimum absolute atomic E-state index is 0.343. The summed E-state index contributed by atoms with van der Waals surface area (Å²) in [6.07, 6.45) is 3.97. The molecule has 0 aliphatic heterocycles. The van der Waals surface area contributed by atoms with Crippen molar-refractivity contribution < 1.29 is 0 Å². The summed E-state index contributed by atoms with van der Waals surface area (Å²) < 4.78 is 0. The van der Waals surface area contributed by atoms with Crippen molar-refractivity contribution in [2.75, 3.05) is 19.6 Å². The van der Waals surface area contributed by atoms with Gasteiger partial charge >= 0.3 is 0 Å². The summed E-state index contributed by atoms with van der Waals surface area (Å²) in [4.78, 5) is 2.51. The molecule has 0 saturated heterocycles. The molecule has 2 heteroatoms. The van der Waals surface area contributed by atoms with Gasteiger partial charge in [0.2, 0.25) is 0 Å². The normalized spacial score (nSPS) is 30.8. The third kappa shape index (κ3) is 3.18. The second-order valence-electron chi connectivity index (χ2n) is 5.65.